The van der Waals surface area contributed by atoms with Gasteiger partial charge in [-0.2, -0.15) is 4.98 Å². The van der Waals surface area contributed by atoms with E-state index in [1.807, 2.05) is 18.2 Å². The zero-order valence-corrected chi connectivity index (χ0v) is 11.1. The van der Waals surface area contributed by atoms with E-state index in [9.17, 15) is 0 Å². The standard InChI is InChI=1S/C15H18N4/c1-3-9-16-14-8-10-17-15(19-14)18-11-13-7-5-4-6-12(13)2/h3-8,10H,1,9,11H2,2H3,(H2,16,17,18,19). The summed E-state index contributed by atoms with van der Waals surface area (Å²) in [7, 11) is 0. The summed E-state index contributed by atoms with van der Waals surface area (Å²) in [5.74, 6) is 1.42. The summed E-state index contributed by atoms with van der Waals surface area (Å²) in [6, 6.07) is 10.1. The third kappa shape index (κ3) is 3.81. The summed E-state index contributed by atoms with van der Waals surface area (Å²) < 4.78 is 0. The van der Waals surface area contributed by atoms with Crippen LogP contribution in [0.5, 0.6) is 0 Å². The molecule has 0 aliphatic heterocycles. The molecule has 0 fully saturated rings. The van der Waals surface area contributed by atoms with E-state index >= 15 is 0 Å². The Labute approximate surface area is 113 Å². The molecule has 0 saturated heterocycles. The van der Waals surface area contributed by atoms with Crippen molar-refractivity contribution in [3.63, 3.8) is 0 Å². The van der Waals surface area contributed by atoms with E-state index in [2.05, 4.69) is 46.2 Å². The van der Waals surface area contributed by atoms with Crippen molar-refractivity contribution in [1.29, 1.82) is 0 Å². The van der Waals surface area contributed by atoms with E-state index < -0.39 is 0 Å². The SMILES string of the molecule is C=CCNc1ccnc(NCc2ccccc2C)n1. The lowest BCUT2D eigenvalue weighted by Crippen LogP contribution is -2.07. The van der Waals surface area contributed by atoms with E-state index in [0.29, 0.717) is 12.5 Å². The van der Waals surface area contributed by atoms with Crippen molar-refractivity contribution in [2.45, 2.75) is 13.5 Å². The fourth-order valence-electron chi connectivity index (χ4n) is 1.70. The monoisotopic (exact) mass is 254 g/mol. The lowest BCUT2D eigenvalue weighted by Gasteiger charge is -2.08. The topological polar surface area (TPSA) is 49.8 Å². The van der Waals surface area contributed by atoms with Crippen LogP contribution in [-0.2, 0) is 6.54 Å². The highest BCUT2D eigenvalue weighted by atomic mass is 15.1. The Morgan fingerprint density at radius 1 is 1.21 bits per heavy atom. The van der Waals surface area contributed by atoms with Crippen LogP contribution < -0.4 is 10.6 Å². The average molecular weight is 254 g/mol. The van der Waals surface area contributed by atoms with Crippen LogP contribution in [0.1, 0.15) is 11.1 Å². The van der Waals surface area contributed by atoms with Gasteiger partial charge in [0.1, 0.15) is 5.82 Å². The van der Waals surface area contributed by atoms with E-state index in [1.54, 1.807) is 12.3 Å². The molecule has 98 valence electrons. The van der Waals surface area contributed by atoms with Crippen LogP contribution >= 0.6 is 0 Å². The molecule has 1 aromatic carbocycles. The summed E-state index contributed by atoms with van der Waals surface area (Å²) in [5, 5.41) is 6.37. The zero-order valence-electron chi connectivity index (χ0n) is 11.1. The number of nitrogens with zero attached hydrogens (tertiary/aromatic N) is 2. The third-order valence-electron chi connectivity index (χ3n) is 2.78. The van der Waals surface area contributed by atoms with Gasteiger partial charge in [0, 0.05) is 19.3 Å². The molecule has 0 spiro atoms. The van der Waals surface area contributed by atoms with E-state index in [1.165, 1.54) is 11.1 Å². The second kappa shape index (κ2) is 6.54. The van der Waals surface area contributed by atoms with Crippen molar-refractivity contribution < 1.29 is 0 Å². The fourth-order valence-corrected chi connectivity index (χ4v) is 1.70. The first kappa shape index (κ1) is 13.1. The van der Waals surface area contributed by atoms with Crippen LogP contribution in [0.25, 0.3) is 0 Å². The number of anilines is 2. The van der Waals surface area contributed by atoms with Crippen LogP contribution in [0, 0.1) is 6.92 Å². The second-order valence-electron chi connectivity index (χ2n) is 4.22. The van der Waals surface area contributed by atoms with Crippen molar-refractivity contribution in [3.8, 4) is 0 Å². The van der Waals surface area contributed by atoms with E-state index in [4.69, 9.17) is 0 Å². The van der Waals surface area contributed by atoms with Gasteiger partial charge in [-0.15, -0.1) is 6.58 Å². The maximum Gasteiger partial charge on any atom is 0.224 e. The number of aryl methyl sites for hydroxylation is 1. The predicted molar refractivity (Wildman–Crippen MR) is 79.2 cm³/mol. The minimum atomic E-state index is 0.623. The predicted octanol–water partition coefficient (Wildman–Crippen LogP) is 3.00. The number of nitrogens with one attached hydrogen (secondary N) is 2. The summed E-state index contributed by atoms with van der Waals surface area (Å²) in [6.07, 6.45) is 3.53. The highest BCUT2D eigenvalue weighted by Crippen LogP contribution is 2.10. The van der Waals surface area contributed by atoms with Crippen LogP contribution in [0.15, 0.2) is 49.2 Å². The van der Waals surface area contributed by atoms with Crippen molar-refractivity contribution >= 4 is 11.8 Å². The Hall–Kier alpha value is -2.36. The summed E-state index contributed by atoms with van der Waals surface area (Å²) in [4.78, 5) is 8.58. The first-order chi connectivity index (χ1) is 9.29. The first-order valence-corrected chi connectivity index (χ1v) is 6.26. The second-order valence-corrected chi connectivity index (χ2v) is 4.22. The van der Waals surface area contributed by atoms with Gasteiger partial charge in [-0.05, 0) is 24.1 Å². The molecule has 0 radical (unpaired) electrons. The van der Waals surface area contributed by atoms with Crippen molar-refractivity contribution in [3.05, 3.63) is 60.3 Å². The molecular weight excluding hydrogens is 236 g/mol. The average Bonchev–Trinajstić information content (AvgIpc) is 2.45. The molecule has 4 nitrogen and oxygen atoms in total. The third-order valence-corrected chi connectivity index (χ3v) is 2.78. The van der Waals surface area contributed by atoms with Gasteiger partial charge in [0.15, 0.2) is 0 Å². The number of hydrogen-bond acceptors (Lipinski definition) is 4. The fraction of sp³-hybridized carbons (Fsp3) is 0.200. The Morgan fingerprint density at radius 2 is 2.05 bits per heavy atom. The molecule has 1 heterocycles. The number of benzene rings is 1. The quantitative estimate of drug-likeness (QED) is 0.778. The van der Waals surface area contributed by atoms with E-state index in [0.717, 1.165) is 12.4 Å². The number of rotatable bonds is 6. The lowest BCUT2D eigenvalue weighted by atomic mass is 10.1. The van der Waals surface area contributed by atoms with E-state index in [-0.39, 0.29) is 0 Å². The summed E-state index contributed by atoms with van der Waals surface area (Å²) in [5.41, 5.74) is 2.51. The molecule has 0 unspecified atom stereocenters. The molecular formula is C15H18N4. The van der Waals surface area contributed by atoms with Crippen LogP contribution in [-0.4, -0.2) is 16.5 Å². The molecule has 0 bridgehead atoms. The maximum atomic E-state index is 4.37. The molecule has 4 heteroatoms. The minimum Gasteiger partial charge on any atom is -0.366 e. The highest BCUT2D eigenvalue weighted by Gasteiger charge is 2.00. The maximum absolute atomic E-state index is 4.37. The van der Waals surface area contributed by atoms with Gasteiger partial charge in [0.2, 0.25) is 5.95 Å². The molecule has 1 aromatic heterocycles. The first-order valence-electron chi connectivity index (χ1n) is 6.26. The molecule has 0 atom stereocenters. The van der Waals surface area contributed by atoms with Gasteiger partial charge >= 0.3 is 0 Å². The van der Waals surface area contributed by atoms with Gasteiger partial charge in [-0.25, -0.2) is 4.98 Å². The molecule has 0 aliphatic rings. The zero-order chi connectivity index (χ0) is 13.5. The molecule has 0 aliphatic carbocycles. The van der Waals surface area contributed by atoms with Crippen LogP contribution in [0.3, 0.4) is 0 Å². The van der Waals surface area contributed by atoms with Gasteiger partial charge in [0.25, 0.3) is 0 Å². The normalized spacial score (nSPS) is 9.95. The largest absolute Gasteiger partial charge is 0.366 e. The van der Waals surface area contributed by atoms with Crippen molar-refractivity contribution in [1.82, 2.24) is 9.97 Å². The highest BCUT2D eigenvalue weighted by molar-refractivity contribution is 5.40. The molecule has 0 saturated carbocycles. The lowest BCUT2D eigenvalue weighted by molar-refractivity contribution is 1.04. The van der Waals surface area contributed by atoms with Crippen LogP contribution in [0.2, 0.25) is 0 Å². The Balaban J connectivity index is 1.99. The molecule has 0 amide bonds. The Bertz CT molecular complexity index is 551. The molecule has 19 heavy (non-hydrogen) atoms. The molecule has 2 rings (SSSR count). The molecule has 2 N–H and O–H groups in total. The van der Waals surface area contributed by atoms with Gasteiger partial charge in [-0.3, -0.25) is 0 Å². The number of aromatic nitrogens is 2. The van der Waals surface area contributed by atoms with Gasteiger partial charge < -0.3 is 10.6 Å². The smallest absolute Gasteiger partial charge is 0.224 e. The summed E-state index contributed by atoms with van der Waals surface area (Å²) >= 11 is 0. The van der Waals surface area contributed by atoms with Gasteiger partial charge in [0.05, 0.1) is 0 Å². The Kier molecular flexibility index (Phi) is 4.50. The Morgan fingerprint density at radius 3 is 2.84 bits per heavy atom. The van der Waals surface area contributed by atoms with Gasteiger partial charge in [-0.1, -0.05) is 30.3 Å². The van der Waals surface area contributed by atoms with Crippen molar-refractivity contribution in [2.24, 2.45) is 0 Å². The summed E-state index contributed by atoms with van der Waals surface area (Å²) in [6.45, 7) is 7.17. The molecule has 2 aromatic rings. The van der Waals surface area contributed by atoms with Crippen LogP contribution in [0.4, 0.5) is 11.8 Å². The minimum absolute atomic E-state index is 0.623. The number of hydrogen-bond donors (Lipinski definition) is 2. The van der Waals surface area contributed by atoms with Crippen molar-refractivity contribution in [2.75, 3.05) is 17.2 Å².